The molecule has 2 N–H and O–H groups in total. The molecular formula is C19H26ClN3O2. The van der Waals surface area contributed by atoms with Crippen molar-refractivity contribution in [2.45, 2.75) is 32.6 Å². The minimum absolute atomic E-state index is 0.0109. The van der Waals surface area contributed by atoms with Crippen molar-refractivity contribution in [3.63, 3.8) is 0 Å². The predicted molar refractivity (Wildman–Crippen MR) is 99.7 cm³/mol. The lowest BCUT2D eigenvalue weighted by atomic mass is 9.97. The smallest absolute Gasteiger partial charge is 0.238 e. The van der Waals surface area contributed by atoms with Crippen LogP contribution in [-0.2, 0) is 9.59 Å². The molecule has 1 aliphatic heterocycles. The van der Waals surface area contributed by atoms with Gasteiger partial charge in [0.05, 0.1) is 23.2 Å². The summed E-state index contributed by atoms with van der Waals surface area (Å²) in [5.41, 5.74) is 1.69. The van der Waals surface area contributed by atoms with Crippen molar-refractivity contribution in [3.8, 4) is 0 Å². The Morgan fingerprint density at radius 3 is 2.80 bits per heavy atom. The second-order valence-electron chi connectivity index (χ2n) is 7.29. The molecule has 1 saturated heterocycles. The molecule has 1 aliphatic carbocycles. The SMILES string of the molecule is Cc1ccc(NC(=O)CN2CCCC(C(=O)NCC3CC3)C2)c(Cl)c1. The Labute approximate surface area is 154 Å². The van der Waals surface area contributed by atoms with Crippen LogP contribution >= 0.6 is 11.6 Å². The lowest BCUT2D eigenvalue weighted by Crippen LogP contribution is -2.45. The fourth-order valence-corrected chi connectivity index (χ4v) is 3.52. The molecule has 0 aromatic heterocycles. The van der Waals surface area contributed by atoms with Crippen molar-refractivity contribution in [2.75, 3.05) is 31.5 Å². The Morgan fingerprint density at radius 1 is 1.28 bits per heavy atom. The zero-order valence-corrected chi connectivity index (χ0v) is 15.4. The first kappa shape index (κ1) is 18.2. The molecule has 3 rings (SSSR count). The lowest BCUT2D eigenvalue weighted by Gasteiger charge is -2.31. The summed E-state index contributed by atoms with van der Waals surface area (Å²) in [4.78, 5) is 26.6. The third-order valence-corrected chi connectivity index (χ3v) is 5.22. The normalized spacial score (nSPS) is 21.0. The van der Waals surface area contributed by atoms with E-state index in [0.29, 0.717) is 23.2 Å². The molecular weight excluding hydrogens is 338 g/mol. The Morgan fingerprint density at radius 2 is 2.08 bits per heavy atom. The van der Waals surface area contributed by atoms with E-state index in [2.05, 4.69) is 15.5 Å². The summed E-state index contributed by atoms with van der Waals surface area (Å²) < 4.78 is 0. The predicted octanol–water partition coefficient (Wildman–Crippen LogP) is 2.83. The van der Waals surface area contributed by atoms with Crippen molar-refractivity contribution in [2.24, 2.45) is 11.8 Å². The number of hydrogen-bond acceptors (Lipinski definition) is 3. The van der Waals surface area contributed by atoms with Crippen LogP contribution in [0, 0.1) is 18.8 Å². The number of aryl methyl sites for hydroxylation is 1. The Balaban J connectivity index is 1.47. The summed E-state index contributed by atoms with van der Waals surface area (Å²) in [6.45, 7) is 4.55. The molecule has 1 heterocycles. The van der Waals surface area contributed by atoms with Gasteiger partial charge in [-0.2, -0.15) is 0 Å². The Bertz CT molecular complexity index is 646. The second kappa shape index (κ2) is 8.19. The van der Waals surface area contributed by atoms with Crippen LogP contribution in [0.2, 0.25) is 5.02 Å². The van der Waals surface area contributed by atoms with Crippen LogP contribution in [0.3, 0.4) is 0 Å². The van der Waals surface area contributed by atoms with Gasteiger partial charge in [0.2, 0.25) is 11.8 Å². The van der Waals surface area contributed by atoms with Gasteiger partial charge in [-0.3, -0.25) is 14.5 Å². The number of rotatable bonds is 6. The summed E-state index contributed by atoms with van der Waals surface area (Å²) in [7, 11) is 0. The van der Waals surface area contributed by atoms with Gasteiger partial charge in [0.15, 0.2) is 0 Å². The molecule has 1 aromatic rings. The molecule has 0 spiro atoms. The maximum absolute atomic E-state index is 12.3. The van der Waals surface area contributed by atoms with Crippen molar-refractivity contribution >= 4 is 29.1 Å². The minimum atomic E-state index is -0.0928. The van der Waals surface area contributed by atoms with Gasteiger partial charge in [-0.05, 0) is 62.8 Å². The number of hydrogen-bond donors (Lipinski definition) is 2. The Hall–Kier alpha value is -1.59. The molecule has 2 fully saturated rings. The molecule has 0 radical (unpaired) electrons. The largest absolute Gasteiger partial charge is 0.356 e. The first-order chi connectivity index (χ1) is 12.0. The molecule has 1 saturated carbocycles. The first-order valence-electron chi connectivity index (χ1n) is 9.07. The summed E-state index contributed by atoms with van der Waals surface area (Å²) >= 11 is 6.17. The zero-order valence-electron chi connectivity index (χ0n) is 14.7. The molecule has 2 aliphatic rings. The molecule has 136 valence electrons. The quantitative estimate of drug-likeness (QED) is 0.817. The average Bonchev–Trinajstić information content (AvgIpc) is 3.40. The number of piperidine rings is 1. The van der Waals surface area contributed by atoms with Crippen LogP contribution in [0.4, 0.5) is 5.69 Å². The standard InChI is InChI=1S/C19H26ClN3O2/c1-13-4-7-17(16(20)9-13)22-18(24)12-23-8-2-3-15(11-23)19(25)21-10-14-5-6-14/h4,7,9,14-15H,2-3,5-6,8,10-12H2,1H3,(H,21,25)(H,22,24). The summed E-state index contributed by atoms with van der Waals surface area (Å²) in [6.07, 6.45) is 4.32. The fraction of sp³-hybridized carbons (Fsp3) is 0.579. The number of anilines is 1. The molecule has 2 amide bonds. The van der Waals surface area contributed by atoms with Gasteiger partial charge in [0, 0.05) is 13.1 Å². The lowest BCUT2D eigenvalue weighted by molar-refractivity contribution is -0.128. The van der Waals surface area contributed by atoms with Crippen molar-refractivity contribution < 1.29 is 9.59 Å². The number of benzene rings is 1. The molecule has 1 aromatic carbocycles. The van der Waals surface area contributed by atoms with E-state index in [9.17, 15) is 9.59 Å². The number of amides is 2. The number of carbonyl (C=O) groups excluding carboxylic acids is 2. The highest BCUT2D eigenvalue weighted by Gasteiger charge is 2.28. The maximum atomic E-state index is 12.3. The van der Waals surface area contributed by atoms with E-state index in [1.165, 1.54) is 12.8 Å². The van der Waals surface area contributed by atoms with Crippen LogP contribution in [0.5, 0.6) is 0 Å². The molecule has 0 bridgehead atoms. The van der Waals surface area contributed by atoms with Crippen LogP contribution in [0.1, 0.15) is 31.2 Å². The molecule has 25 heavy (non-hydrogen) atoms. The van der Waals surface area contributed by atoms with Crippen LogP contribution in [-0.4, -0.2) is 42.9 Å². The second-order valence-corrected chi connectivity index (χ2v) is 7.70. The van der Waals surface area contributed by atoms with Gasteiger partial charge in [-0.1, -0.05) is 17.7 Å². The van der Waals surface area contributed by atoms with Gasteiger partial charge in [0.25, 0.3) is 0 Å². The van der Waals surface area contributed by atoms with E-state index >= 15 is 0 Å². The minimum Gasteiger partial charge on any atom is -0.356 e. The summed E-state index contributed by atoms with van der Waals surface area (Å²) in [5.74, 6) is 0.723. The number of carbonyl (C=O) groups is 2. The summed E-state index contributed by atoms with van der Waals surface area (Å²) in [5, 5.41) is 6.47. The fourth-order valence-electron chi connectivity index (χ4n) is 3.24. The van der Waals surface area contributed by atoms with E-state index in [1.54, 1.807) is 0 Å². The third kappa shape index (κ3) is 5.44. The van der Waals surface area contributed by atoms with Crippen LogP contribution < -0.4 is 10.6 Å². The van der Waals surface area contributed by atoms with Crippen LogP contribution in [0.15, 0.2) is 18.2 Å². The monoisotopic (exact) mass is 363 g/mol. The number of likely N-dealkylation sites (tertiary alicyclic amines) is 1. The first-order valence-corrected chi connectivity index (χ1v) is 9.45. The van der Waals surface area contributed by atoms with Crippen molar-refractivity contribution in [3.05, 3.63) is 28.8 Å². The third-order valence-electron chi connectivity index (χ3n) is 4.90. The molecule has 5 nitrogen and oxygen atoms in total. The van der Waals surface area contributed by atoms with Gasteiger partial charge in [-0.15, -0.1) is 0 Å². The van der Waals surface area contributed by atoms with E-state index < -0.39 is 0 Å². The van der Waals surface area contributed by atoms with E-state index in [1.807, 2.05) is 25.1 Å². The highest BCUT2D eigenvalue weighted by Crippen LogP contribution is 2.28. The molecule has 1 atom stereocenters. The summed E-state index contributed by atoms with van der Waals surface area (Å²) in [6, 6.07) is 5.57. The van der Waals surface area contributed by atoms with E-state index in [4.69, 9.17) is 11.6 Å². The number of nitrogens with one attached hydrogen (secondary N) is 2. The van der Waals surface area contributed by atoms with Crippen molar-refractivity contribution in [1.29, 1.82) is 0 Å². The average molecular weight is 364 g/mol. The van der Waals surface area contributed by atoms with Crippen molar-refractivity contribution in [1.82, 2.24) is 10.2 Å². The van der Waals surface area contributed by atoms with E-state index in [-0.39, 0.29) is 24.3 Å². The maximum Gasteiger partial charge on any atom is 0.238 e. The van der Waals surface area contributed by atoms with Gasteiger partial charge >= 0.3 is 0 Å². The Kier molecular flexibility index (Phi) is 5.97. The van der Waals surface area contributed by atoms with Gasteiger partial charge < -0.3 is 10.6 Å². The van der Waals surface area contributed by atoms with Gasteiger partial charge in [-0.25, -0.2) is 0 Å². The van der Waals surface area contributed by atoms with Gasteiger partial charge in [0.1, 0.15) is 0 Å². The molecule has 6 heteroatoms. The topological polar surface area (TPSA) is 61.4 Å². The number of nitrogens with zero attached hydrogens (tertiary/aromatic N) is 1. The highest BCUT2D eigenvalue weighted by atomic mass is 35.5. The van der Waals surface area contributed by atoms with Crippen LogP contribution in [0.25, 0.3) is 0 Å². The number of halogens is 1. The molecule has 1 unspecified atom stereocenters. The zero-order chi connectivity index (χ0) is 17.8. The highest BCUT2D eigenvalue weighted by molar-refractivity contribution is 6.33. The van der Waals surface area contributed by atoms with E-state index in [0.717, 1.165) is 31.5 Å².